The van der Waals surface area contributed by atoms with Crippen LogP contribution in [0.2, 0.25) is 0 Å². The van der Waals surface area contributed by atoms with Gasteiger partial charge in [0.15, 0.2) is 6.20 Å². The number of benzene rings is 2. The van der Waals surface area contributed by atoms with Crippen LogP contribution in [0.25, 0.3) is 21.7 Å². The Morgan fingerprint density at radius 2 is 1.48 bits per heavy atom. The molecule has 2 aromatic carbocycles. The molecule has 3 aromatic rings. The Labute approximate surface area is 215 Å². The van der Waals surface area contributed by atoms with E-state index in [1.165, 1.54) is 21.7 Å². The standard InChI is InChI=1S/C18H22N3.3HI.Pt/c19-10-12-20-11-5-13-21-14-15-6-1-2-7-16(15)17-8-3-4-9-18(17)21;;;;/h1-4,6-9,14,20H,5,10-13,19H2;3*1H;/q+1;;;;+2/p-3. The summed E-state index contributed by atoms with van der Waals surface area (Å²) in [6.45, 7) is 3.61. The molecule has 3 rings (SSSR count). The number of aromatic nitrogens is 1. The summed E-state index contributed by atoms with van der Waals surface area (Å²) in [5.74, 6) is 0. The molecule has 1 heterocycles. The molecule has 1 aromatic heterocycles. The van der Waals surface area contributed by atoms with E-state index in [9.17, 15) is 0 Å². The molecule has 3 N–H and O–H groups in total. The number of nitrogens with two attached hydrogens (primary N) is 1. The Kier molecular flexibility index (Phi) is 16.8. The van der Waals surface area contributed by atoms with Crippen LogP contribution in [0.4, 0.5) is 0 Å². The van der Waals surface area contributed by atoms with Gasteiger partial charge < -0.3 is 83.0 Å². The first-order chi connectivity index (χ1) is 10.4. The van der Waals surface area contributed by atoms with Crippen molar-refractivity contribution in [3.63, 3.8) is 0 Å². The quantitative estimate of drug-likeness (QED) is 0.112. The molecule has 0 saturated carbocycles. The second kappa shape index (κ2) is 14.9. The zero-order chi connectivity index (χ0) is 14.5. The SMILES string of the molecule is NCCNCCC[n+]1cc2ccccc2c2ccccc21.[I-].[I-].[I-].[Pt+2]. The molecule has 25 heavy (non-hydrogen) atoms. The number of hydrogen-bond donors (Lipinski definition) is 2. The topological polar surface area (TPSA) is 41.9 Å². The third-order valence-electron chi connectivity index (χ3n) is 3.83. The maximum atomic E-state index is 5.49. The second-order valence-electron chi connectivity index (χ2n) is 5.32. The fourth-order valence-electron chi connectivity index (χ4n) is 2.83. The minimum atomic E-state index is 0. The van der Waals surface area contributed by atoms with Gasteiger partial charge in [-0.15, -0.1) is 0 Å². The summed E-state index contributed by atoms with van der Waals surface area (Å²) in [7, 11) is 0. The van der Waals surface area contributed by atoms with Gasteiger partial charge in [-0.25, -0.2) is 0 Å². The van der Waals surface area contributed by atoms with Crippen molar-refractivity contribution in [2.24, 2.45) is 5.73 Å². The molecule has 0 saturated heterocycles. The normalized spacial score (nSPS) is 9.48. The Hall–Kier alpha value is 0.908. The van der Waals surface area contributed by atoms with Gasteiger partial charge in [0.1, 0.15) is 6.54 Å². The van der Waals surface area contributed by atoms with Crippen LogP contribution < -0.4 is 87.5 Å². The van der Waals surface area contributed by atoms with Gasteiger partial charge >= 0.3 is 21.1 Å². The smallest absolute Gasteiger partial charge is 1.00 e. The molecule has 0 aliphatic heterocycles. The summed E-state index contributed by atoms with van der Waals surface area (Å²) in [4.78, 5) is 0. The predicted octanol–water partition coefficient (Wildman–Crippen LogP) is -6.77. The average Bonchev–Trinajstić information content (AvgIpc) is 2.54. The number of nitrogens with zero attached hydrogens (tertiary/aromatic N) is 1. The summed E-state index contributed by atoms with van der Waals surface area (Å²) in [5.41, 5.74) is 6.79. The van der Waals surface area contributed by atoms with E-state index in [4.69, 9.17) is 5.73 Å². The van der Waals surface area contributed by atoms with Crippen LogP contribution in [0.1, 0.15) is 6.42 Å². The Balaban J connectivity index is 0. The molecule has 0 atom stereocenters. The van der Waals surface area contributed by atoms with Crippen molar-refractivity contribution in [2.45, 2.75) is 13.0 Å². The first-order valence-electron chi connectivity index (χ1n) is 7.61. The summed E-state index contributed by atoms with van der Waals surface area (Å²) in [6.07, 6.45) is 3.37. The zero-order valence-corrected chi connectivity index (χ0v) is 22.5. The van der Waals surface area contributed by atoms with Gasteiger partial charge in [-0.3, -0.25) is 0 Å². The van der Waals surface area contributed by atoms with Crippen LogP contribution in [0.15, 0.2) is 54.7 Å². The van der Waals surface area contributed by atoms with E-state index in [2.05, 4.69) is 64.6 Å². The molecule has 7 heteroatoms. The molecule has 0 bridgehead atoms. The minimum Gasteiger partial charge on any atom is -1.00 e. The van der Waals surface area contributed by atoms with Gasteiger partial charge in [-0.1, -0.05) is 30.3 Å². The van der Waals surface area contributed by atoms with Gasteiger partial charge in [0.25, 0.3) is 0 Å². The number of fused-ring (bicyclic) bond motifs is 3. The van der Waals surface area contributed by atoms with Crippen LogP contribution in [0.5, 0.6) is 0 Å². The van der Waals surface area contributed by atoms with Crippen LogP contribution >= 0.6 is 0 Å². The van der Waals surface area contributed by atoms with Gasteiger partial charge in [-0.2, -0.15) is 4.57 Å². The molecular weight excluding hydrogens is 834 g/mol. The van der Waals surface area contributed by atoms with Gasteiger partial charge in [0.2, 0.25) is 5.52 Å². The number of halogens is 3. The van der Waals surface area contributed by atoms with Crippen LogP contribution in [0.3, 0.4) is 0 Å². The Morgan fingerprint density at radius 1 is 0.840 bits per heavy atom. The predicted molar refractivity (Wildman–Crippen MR) is 88.2 cm³/mol. The van der Waals surface area contributed by atoms with Crippen molar-refractivity contribution in [2.75, 3.05) is 19.6 Å². The van der Waals surface area contributed by atoms with E-state index >= 15 is 0 Å². The van der Waals surface area contributed by atoms with Crippen LogP contribution in [-0.2, 0) is 27.6 Å². The van der Waals surface area contributed by atoms with E-state index in [0.717, 1.165) is 26.1 Å². The number of para-hydroxylation sites is 1. The van der Waals surface area contributed by atoms with E-state index in [1.54, 1.807) is 0 Å². The van der Waals surface area contributed by atoms with Crippen molar-refractivity contribution in [3.05, 3.63) is 54.7 Å². The van der Waals surface area contributed by atoms with E-state index in [-0.39, 0.29) is 93.0 Å². The van der Waals surface area contributed by atoms with Crippen molar-refractivity contribution < 1.29 is 97.6 Å². The summed E-state index contributed by atoms with van der Waals surface area (Å²) in [5, 5.41) is 7.30. The third-order valence-corrected chi connectivity index (χ3v) is 3.83. The molecule has 0 spiro atoms. The fourth-order valence-corrected chi connectivity index (χ4v) is 2.83. The molecule has 0 aliphatic carbocycles. The first-order valence-corrected chi connectivity index (χ1v) is 7.61. The maximum absolute atomic E-state index is 5.49. The molecule has 0 amide bonds. The Bertz CT molecular complexity index is 756. The average molecular weight is 856 g/mol. The summed E-state index contributed by atoms with van der Waals surface area (Å²) >= 11 is 0. The number of hydrogen-bond acceptors (Lipinski definition) is 2. The van der Waals surface area contributed by atoms with Crippen molar-refractivity contribution in [3.8, 4) is 0 Å². The van der Waals surface area contributed by atoms with E-state index < -0.39 is 0 Å². The third kappa shape index (κ3) is 7.44. The van der Waals surface area contributed by atoms with Crippen molar-refractivity contribution in [1.29, 1.82) is 0 Å². The molecule has 0 radical (unpaired) electrons. The molecule has 140 valence electrons. The fraction of sp³-hybridized carbons (Fsp3) is 0.278. The zero-order valence-electron chi connectivity index (χ0n) is 13.7. The molecular formula is C18H22I3N3Pt. The first kappa shape index (κ1) is 28.1. The van der Waals surface area contributed by atoms with E-state index in [0.29, 0.717) is 6.54 Å². The largest absolute Gasteiger partial charge is 2.00 e. The molecule has 0 unspecified atom stereocenters. The molecule has 0 aliphatic rings. The summed E-state index contributed by atoms with van der Waals surface area (Å²) in [6, 6.07) is 17.2. The van der Waals surface area contributed by atoms with Gasteiger partial charge in [0.05, 0.1) is 5.39 Å². The van der Waals surface area contributed by atoms with Crippen LogP contribution in [0, 0.1) is 0 Å². The van der Waals surface area contributed by atoms with Gasteiger partial charge in [0, 0.05) is 42.9 Å². The van der Waals surface area contributed by atoms with E-state index in [1.807, 2.05) is 0 Å². The number of nitrogens with one attached hydrogen (secondary N) is 1. The number of pyridine rings is 1. The number of rotatable bonds is 6. The maximum Gasteiger partial charge on any atom is 2.00 e. The summed E-state index contributed by atoms with van der Waals surface area (Å²) < 4.78 is 2.36. The monoisotopic (exact) mass is 856 g/mol. The molecule has 0 fully saturated rings. The minimum absolute atomic E-state index is 0. The van der Waals surface area contributed by atoms with Crippen LogP contribution in [-0.4, -0.2) is 19.6 Å². The van der Waals surface area contributed by atoms with Crippen molar-refractivity contribution >= 4 is 21.7 Å². The Morgan fingerprint density at radius 3 is 2.20 bits per heavy atom. The number of aryl methyl sites for hydroxylation is 1. The van der Waals surface area contributed by atoms with Crippen molar-refractivity contribution in [1.82, 2.24) is 5.32 Å². The molecule has 3 nitrogen and oxygen atoms in total. The second-order valence-corrected chi connectivity index (χ2v) is 5.32. The van der Waals surface area contributed by atoms with Gasteiger partial charge in [-0.05, 0) is 12.1 Å².